The minimum atomic E-state index is 0.0655. The zero-order valence-electron chi connectivity index (χ0n) is 12.3. The van der Waals surface area contributed by atoms with Crippen LogP contribution in [0.2, 0.25) is 0 Å². The molecule has 4 rings (SSSR count). The maximum atomic E-state index is 9.32. The van der Waals surface area contributed by atoms with Crippen molar-refractivity contribution >= 4 is 21.8 Å². The number of aryl methyl sites for hydroxylation is 1. The number of hydrogen-bond acceptors (Lipinski definition) is 2. The molecule has 0 aliphatic heterocycles. The van der Waals surface area contributed by atoms with Crippen LogP contribution < -0.4 is 0 Å². The topological polar surface area (TPSA) is 38.0 Å². The van der Waals surface area contributed by atoms with E-state index >= 15 is 0 Å². The summed E-state index contributed by atoms with van der Waals surface area (Å²) in [4.78, 5) is 4.22. The van der Waals surface area contributed by atoms with Crippen molar-refractivity contribution in [2.24, 2.45) is 7.05 Å². The summed E-state index contributed by atoms with van der Waals surface area (Å²) in [6.07, 6.45) is 3.74. The van der Waals surface area contributed by atoms with Gasteiger partial charge in [-0.25, -0.2) is 0 Å². The summed E-state index contributed by atoms with van der Waals surface area (Å²) in [7, 11) is 2.07. The van der Waals surface area contributed by atoms with Crippen LogP contribution in [0.1, 0.15) is 5.56 Å². The second-order valence-corrected chi connectivity index (χ2v) is 5.54. The van der Waals surface area contributed by atoms with Crippen molar-refractivity contribution in [1.29, 1.82) is 0 Å². The molecule has 3 nitrogen and oxygen atoms in total. The summed E-state index contributed by atoms with van der Waals surface area (Å²) >= 11 is 0. The van der Waals surface area contributed by atoms with Crippen molar-refractivity contribution in [2.45, 2.75) is 6.61 Å². The zero-order chi connectivity index (χ0) is 15.1. The van der Waals surface area contributed by atoms with E-state index in [1.807, 2.05) is 30.6 Å². The van der Waals surface area contributed by atoms with E-state index in [2.05, 4.69) is 46.9 Å². The first kappa shape index (κ1) is 13.0. The van der Waals surface area contributed by atoms with Gasteiger partial charge in [-0.1, -0.05) is 24.3 Å². The van der Waals surface area contributed by atoms with Crippen LogP contribution in [0.25, 0.3) is 32.9 Å². The molecule has 4 aromatic rings. The van der Waals surface area contributed by atoms with Gasteiger partial charge in [-0.05, 0) is 41.0 Å². The van der Waals surface area contributed by atoms with Gasteiger partial charge in [-0.15, -0.1) is 0 Å². The molecule has 0 bridgehead atoms. The van der Waals surface area contributed by atoms with E-state index in [1.54, 1.807) is 0 Å². The first-order valence-corrected chi connectivity index (χ1v) is 7.30. The predicted octanol–water partition coefficient (Wildman–Crippen LogP) is 3.89. The first-order chi connectivity index (χ1) is 10.8. The highest BCUT2D eigenvalue weighted by Crippen LogP contribution is 2.31. The van der Waals surface area contributed by atoms with E-state index in [0.717, 1.165) is 22.2 Å². The van der Waals surface area contributed by atoms with Crippen molar-refractivity contribution in [2.75, 3.05) is 0 Å². The summed E-state index contributed by atoms with van der Waals surface area (Å²) < 4.78 is 2.17. The summed E-state index contributed by atoms with van der Waals surface area (Å²) in [5.41, 5.74) is 5.55. The highest BCUT2D eigenvalue weighted by atomic mass is 16.3. The molecule has 0 fully saturated rings. The lowest BCUT2D eigenvalue weighted by Gasteiger charge is -2.05. The van der Waals surface area contributed by atoms with Crippen LogP contribution in [0.15, 0.2) is 60.9 Å². The summed E-state index contributed by atoms with van der Waals surface area (Å²) in [6, 6.07) is 16.6. The van der Waals surface area contributed by atoms with Crippen molar-refractivity contribution in [3.8, 4) is 11.1 Å². The van der Waals surface area contributed by atoms with E-state index in [4.69, 9.17) is 0 Å². The molecular weight excluding hydrogens is 272 g/mol. The fourth-order valence-electron chi connectivity index (χ4n) is 3.08. The van der Waals surface area contributed by atoms with Crippen molar-refractivity contribution in [1.82, 2.24) is 9.55 Å². The Balaban J connectivity index is 1.99. The average Bonchev–Trinajstić information content (AvgIpc) is 2.88. The summed E-state index contributed by atoms with van der Waals surface area (Å²) in [5, 5.41) is 11.8. The number of nitrogens with zero attached hydrogens (tertiary/aromatic N) is 2. The molecule has 2 aromatic carbocycles. The molecule has 0 saturated carbocycles. The quantitative estimate of drug-likeness (QED) is 0.608. The van der Waals surface area contributed by atoms with Crippen LogP contribution in [0.5, 0.6) is 0 Å². The van der Waals surface area contributed by atoms with Crippen molar-refractivity contribution in [3.05, 3.63) is 66.5 Å². The molecule has 0 saturated heterocycles. The van der Waals surface area contributed by atoms with Crippen molar-refractivity contribution in [3.63, 3.8) is 0 Å². The van der Waals surface area contributed by atoms with Crippen molar-refractivity contribution < 1.29 is 5.11 Å². The molecule has 1 N–H and O–H groups in total. The smallest absolute Gasteiger partial charge is 0.0682 e. The Hall–Kier alpha value is -2.65. The molecule has 0 amide bonds. The fourth-order valence-corrected chi connectivity index (χ4v) is 3.08. The number of hydrogen-bond donors (Lipinski definition) is 1. The Labute approximate surface area is 128 Å². The van der Waals surface area contributed by atoms with Crippen LogP contribution >= 0.6 is 0 Å². The Morgan fingerprint density at radius 1 is 0.955 bits per heavy atom. The van der Waals surface area contributed by atoms with Gasteiger partial charge in [-0.2, -0.15) is 0 Å². The third-order valence-electron chi connectivity index (χ3n) is 4.25. The Kier molecular flexibility index (Phi) is 2.94. The summed E-state index contributed by atoms with van der Waals surface area (Å²) in [5.74, 6) is 0. The first-order valence-electron chi connectivity index (χ1n) is 7.30. The van der Waals surface area contributed by atoms with E-state index in [-0.39, 0.29) is 6.61 Å². The minimum absolute atomic E-state index is 0.0655. The summed E-state index contributed by atoms with van der Waals surface area (Å²) in [6.45, 7) is 0.0655. The molecule has 22 heavy (non-hydrogen) atoms. The molecule has 2 aromatic heterocycles. The molecule has 0 unspecified atom stereocenters. The van der Waals surface area contributed by atoms with Crippen LogP contribution in [0.4, 0.5) is 0 Å². The highest BCUT2D eigenvalue weighted by Gasteiger charge is 2.09. The highest BCUT2D eigenvalue weighted by molar-refractivity contribution is 6.08. The van der Waals surface area contributed by atoms with E-state index < -0.39 is 0 Å². The van der Waals surface area contributed by atoms with Crippen LogP contribution in [0, 0.1) is 0 Å². The second kappa shape index (κ2) is 4.97. The molecule has 0 spiro atoms. The molecule has 108 valence electrons. The minimum Gasteiger partial charge on any atom is -0.392 e. The van der Waals surface area contributed by atoms with Gasteiger partial charge in [0.2, 0.25) is 0 Å². The molecule has 0 radical (unpaired) electrons. The van der Waals surface area contributed by atoms with E-state index in [1.165, 1.54) is 16.3 Å². The van der Waals surface area contributed by atoms with Gasteiger partial charge in [0.05, 0.1) is 18.3 Å². The molecule has 0 aliphatic rings. The Morgan fingerprint density at radius 3 is 2.68 bits per heavy atom. The largest absolute Gasteiger partial charge is 0.392 e. The van der Waals surface area contributed by atoms with Gasteiger partial charge in [0.1, 0.15) is 0 Å². The van der Waals surface area contributed by atoms with Gasteiger partial charge in [0, 0.05) is 29.5 Å². The molecule has 2 heterocycles. The molecular formula is C19H16N2O. The van der Waals surface area contributed by atoms with Crippen LogP contribution in [0.3, 0.4) is 0 Å². The fraction of sp³-hybridized carbons (Fsp3) is 0.105. The Bertz CT molecular complexity index is 985. The van der Waals surface area contributed by atoms with Gasteiger partial charge >= 0.3 is 0 Å². The lowest BCUT2D eigenvalue weighted by atomic mass is 10.0. The number of fused-ring (bicyclic) bond motifs is 3. The zero-order valence-corrected chi connectivity index (χ0v) is 12.3. The lowest BCUT2D eigenvalue weighted by molar-refractivity contribution is 0.282. The lowest BCUT2D eigenvalue weighted by Crippen LogP contribution is -1.87. The number of pyridine rings is 1. The van der Waals surface area contributed by atoms with Gasteiger partial charge in [-0.3, -0.25) is 4.98 Å². The Morgan fingerprint density at radius 2 is 1.82 bits per heavy atom. The van der Waals surface area contributed by atoms with Crippen LogP contribution in [-0.2, 0) is 13.7 Å². The molecule has 0 atom stereocenters. The van der Waals surface area contributed by atoms with Crippen LogP contribution in [-0.4, -0.2) is 14.7 Å². The molecule has 0 aliphatic carbocycles. The maximum absolute atomic E-state index is 9.32. The SMILES string of the molecule is Cn1c2ccc(-c3cccc(CO)c3)cc2c2ccncc21. The third kappa shape index (κ3) is 1.90. The number of benzene rings is 2. The normalized spacial score (nSPS) is 11.4. The third-order valence-corrected chi connectivity index (χ3v) is 4.25. The second-order valence-electron chi connectivity index (χ2n) is 5.54. The standard InChI is InChI=1S/C19H16N2O/c1-21-18-6-5-15(14-4-2-3-13(9-14)12-22)10-17(18)16-7-8-20-11-19(16)21/h2-11,22H,12H2,1H3. The number of rotatable bonds is 2. The van der Waals surface area contributed by atoms with Gasteiger partial charge in [0.25, 0.3) is 0 Å². The maximum Gasteiger partial charge on any atom is 0.0682 e. The average molecular weight is 288 g/mol. The number of aromatic nitrogens is 2. The van der Waals surface area contributed by atoms with Gasteiger partial charge < -0.3 is 9.67 Å². The predicted molar refractivity (Wildman–Crippen MR) is 89.6 cm³/mol. The van der Waals surface area contributed by atoms with E-state index in [0.29, 0.717) is 0 Å². The van der Waals surface area contributed by atoms with Gasteiger partial charge in [0.15, 0.2) is 0 Å². The number of aliphatic hydroxyl groups is 1. The van der Waals surface area contributed by atoms with E-state index in [9.17, 15) is 5.11 Å². The monoisotopic (exact) mass is 288 g/mol. The number of aliphatic hydroxyl groups excluding tert-OH is 1. The molecule has 3 heteroatoms.